The van der Waals surface area contributed by atoms with Crippen molar-refractivity contribution in [3.63, 3.8) is 0 Å². The fourth-order valence-electron chi connectivity index (χ4n) is 1.25. The predicted molar refractivity (Wildman–Crippen MR) is 61.3 cm³/mol. The van der Waals surface area contributed by atoms with Crippen LogP contribution in [0, 0.1) is 5.92 Å². The number of rotatable bonds is 5. The minimum atomic E-state index is -0.199. The molecule has 0 aliphatic carbocycles. The smallest absolute Gasteiger partial charge is 0.272 e. The average molecular weight is 248 g/mol. The molecule has 0 radical (unpaired) electrons. The third-order valence-electron chi connectivity index (χ3n) is 1.87. The van der Waals surface area contributed by atoms with Crippen LogP contribution in [0.3, 0.4) is 0 Å². The molecular formula is C9H14ClN3OS. The number of nitrogens with zero attached hydrogens (tertiary/aromatic N) is 2. The van der Waals surface area contributed by atoms with Crippen LogP contribution >= 0.6 is 23.1 Å². The van der Waals surface area contributed by atoms with Crippen molar-refractivity contribution in [3.05, 3.63) is 11.1 Å². The molecule has 0 spiro atoms. The molecule has 15 heavy (non-hydrogen) atoms. The van der Waals surface area contributed by atoms with E-state index < -0.39 is 0 Å². The van der Waals surface area contributed by atoms with Gasteiger partial charge in [0.25, 0.3) is 5.91 Å². The Morgan fingerprint density at radius 2 is 2.40 bits per heavy atom. The summed E-state index contributed by atoms with van der Waals surface area (Å²) in [5.41, 5.74) is 0.360. The molecule has 84 valence electrons. The van der Waals surface area contributed by atoms with Gasteiger partial charge in [0.15, 0.2) is 5.69 Å². The molecule has 0 aliphatic heterocycles. The summed E-state index contributed by atoms with van der Waals surface area (Å²) in [5.74, 6) is 0.722. The Labute approximate surface area is 98.2 Å². The first-order valence-corrected chi connectivity index (χ1v) is 6.14. The topological polar surface area (TPSA) is 54.9 Å². The number of halogens is 1. The highest BCUT2D eigenvalue weighted by molar-refractivity contribution is 7.03. The number of nitrogens with one attached hydrogen (secondary N) is 1. The lowest BCUT2D eigenvalue weighted by molar-refractivity contribution is 0.0931. The lowest BCUT2D eigenvalue weighted by Crippen LogP contribution is -2.37. The van der Waals surface area contributed by atoms with Gasteiger partial charge in [-0.3, -0.25) is 4.79 Å². The monoisotopic (exact) mass is 247 g/mol. The van der Waals surface area contributed by atoms with Gasteiger partial charge < -0.3 is 5.32 Å². The third-order valence-corrected chi connectivity index (χ3v) is 2.75. The third kappa shape index (κ3) is 4.13. The Morgan fingerprint density at radius 3 is 2.87 bits per heavy atom. The zero-order valence-corrected chi connectivity index (χ0v) is 10.3. The second-order valence-electron chi connectivity index (χ2n) is 3.74. The summed E-state index contributed by atoms with van der Waals surface area (Å²) in [6.45, 7) is 4.19. The first-order valence-electron chi connectivity index (χ1n) is 4.77. The van der Waals surface area contributed by atoms with E-state index in [4.69, 9.17) is 11.6 Å². The van der Waals surface area contributed by atoms with Gasteiger partial charge in [0, 0.05) is 17.3 Å². The highest BCUT2D eigenvalue weighted by atomic mass is 35.5. The first-order chi connectivity index (χ1) is 7.13. The summed E-state index contributed by atoms with van der Waals surface area (Å²) in [7, 11) is 0. The molecule has 1 unspecified atom stereocenters. The van der Waals surface area contributed by atoms with Crippen LogP contribution in [0.15, 0.2) is 5.38 Å². The summed E-state index contributed by atoms with van der Waals surface area (Å²) in [6.07, 6.45) is 0.868. The minimum Gasteiger partial charge on any atom is -0.347 e. The van der Waals surface area contributed by atoms with Gasteiger partial charge in [-0.2, -0.15) is 0 Å². The van der Waals surface area contributed by atoms with Crippen LogP contribution in [0.25, 0.3) is 0 Å². The summed E-state index contributed by atoms with van der Waals surface area (Å²) < 4.78 is 3.64. The van der Waals surface area contributed by atoms with Crippen LogP contribution in [-0.4, -0.2) is 27.4 Å². The number of amides is 1. The highest BCUT2D eigenvalue weighted by Crippen LogP contribution is 2.07. The van der Waals surface area contributed by atoms with Gasteiger partial charge in [-0.1, -0.05) is 18.3 Å². The Morgan fingerprint density at radius 1 is 1.67 bits per heavy atom. The minimum absolute atomic E-state index is 0.000802. The standard InChI is InChI=1S/C9H14ClN3OS/c1-6(2)3-7(4-10)11-9(14)8-5-15-13-12-8/h5-7H,3-4H2,1-2H3,(H,11,14). The second-order valence-corrected chi connectivity index (χ2v) is 4.66. The summed E-state index contributed by atoms with van der Waals surface area (Å²) in [5, 5.41) is 8.15. The zero-order chi connectivity index (χ0) is 11.3. The maximum Gasteiger partial charge on any atom is 0.272 e. The van der Waals surface area contributed by atoms with Crippen LogP contribution in [0.2, 0.25) is 0 Å². The fourth-order valence-corrected chi connectivity index (χ4v) is 1.89. The predicted octanol–water partition coefficient (Wildman–Crippen LogP) is 1.92. The molecule has 6 heteroatoms. The van der Waals surface area contributed by atoms with E-state index in [1.807, 2.05) is 0 Å². The Hall–Kier alpha value is -0.680. The van der Waals surface area contributed by atoms with Gasteiger partial charge in [0.1, 0.15) is 0 Å². The van der Waals surface area contributed by atoms with Gasteiger partial charge in [0.2, 0.25) is 0 Å². The molecule has 0 fully saturated rings. The number of aromatic nitrogens is 2. The van der Waals surface area contributed by atoms with Crippen LogP contribution in [0.4, 0.5) is 0 Å². The SMILES string of the molecule is CC(C)CC(CCl)NC(=O)c1csnn1. The van der Waals surface area contributed by atoms with Crippen molar-refractivity contribution in [3.8, 4) is 0 Å². The van der Waals surface area contributed by atoms with E-state index in [-0.39, 0.29) is 11.9 Å². The van der Waals surface area contributed by atoms with E-state index in [2.05, 4.69) is 28.8 Å². The Kier molecular flexibility index (Phi) is 4.98. The molecule has 4 nitrogen and oxygen atoms in total. The van der Waals surface area contributed by atoms with Crippen molar-refractivity contribution in [1.29, 1.82) is 0 Å². The van der Waals surface area contributed by atoms with Gasteiger partial charge in [-0.25, -0.2) is 0 Å². The quantitative estimate of drug-likeness (QED) is 0.809. The lowest BCUT2D eigenvalue weighted by atomic mass is 10.1. The first kappa shape index (κ1) is 12.4. The fraction of sp³-hybridized carbons (Fsp3) is 0.667. The van der Waals surface area contributed by atoms with Crippen molar-refractivity contribution in [2.24, 2.45) is 5.92 Å². The normalized spacial score (nSPS) is 12.8. The second kappa shape index (κ2) is 6.02. The van der Waals surface area contributed by atoms with E-state index in [1.165, 1.54) is 0 Å². The van der Waals surface area contributed by atoms with E-state index in [0.717, 1.165) is 18.0 Å². The molecule has 1 rings (SSSR count). The lowest BCUT2D eigenvalue weighted by Gasteiger charge is -2.17. The van der Waals surface area contributed by atoms with Crippen LogP contribution in [0.1, 0.15) is 30.8 Å². The van der Waals surface area contributed by atoms with Crippen LogP contribution in [0.5, 0.6) is 0 Å². The van der Waals surface area contributed by atoms with E-state index in [9.17, 15) is 4.79 Å². The molecule has 0 saturated carbocycles. The van der Waals surface area contributed by atoms with Crippen molar-refractivity contribution in [1.82, 2.24) is 14.9 Å². The molecule has 1 atom stereocenters. The number of alkyl halides is 1. The van der Waals surface area contributed by atoms with Gasteiger partial charge in [-0.15, -0.1) is 16.7 Å². The molecule has 1 aromatic rings. The highest BCUT2D eigenvalue weighted by Gasteiger charge is 2.15. The number of hydrogen-bond acceptors (Lipinski definition) is 4. The number of carbonyl (C=O) groups is 1. The molecule has 0 aliphatic rings. The van der Waals surface area contributed by atoms with Crippen molar-refractivity contribution >= 4 is 29.0 Å². The number of carbonyl (C=O) groups excluding carboxylic acids is 1. The Bertz CT molecular complexity index is 302. The van der Waals surface area contributed by atoms with E-state index >= 15 is 0 Å². The molecule has 0 bridgehead atoms. The van der Waals surface area contributed by atoms with Crippen molar-refractivity contribution in [2.45, 2.75) is 26.3 Å². The van der Waals surface area contributed by atoms with Crippen LogP contribution < -0.4 is 5.32 Å². The van der Waals surface area contributed by atoms with E-state index in [1.54, 1.807) is 5.38 Å². The molecule has 1 heterocycles. The van der Waals surface area contributed by atoms with Crippen molar-refractivity contribution < 1.29 is 4.79 Å². The summed E-state index contributed by atoms with van der Waals surface area (Å²) in [6, 6.07) is 0.000802. The summed E-state index contributed by atoms with van der Waals surface area (Å²) in [4.78, 5) is 11.6. The Balaban J connectivity index is 2.48. The van der Waals surface area contributed by atoms with Crippen molar-refractivity contribution in [2.75, 3.05) is 5.88 Å². The van der Waals surface area contributed by atoms with Gasteiger partial charge in [-0.05, 0) is 23.9 Å². The van der Waals surface area contributed by atoms with Gasteiger partial charge in [0.05, 0.1) is 0 Å². The number of hydrogen-bond donors (Lipinski definition) is 1. The largest absolute Gasteiger partial charge is 0.347 e. The molecule has 0 saturated heterocycles. The maximum absolute atomic E-state index is 11.6. The molecular weight excluding hydrogens is 234 g/mol. The molecule has 1 aromatic heterocycles. The van der Waals surface area contributed by atoms with Crippen LogP contribution in [-0.2, 0) is 0 Å². The molecule has 1 amide bonds. The zero-order valence-electron chi connectivity index (χ0n) is 8.74. The summed E-state index contributed by atoms with van der Waals surface area (Å²) >= 11 is 6.93. The van der Waals surface area contributed by atoms with E-state index in [0.29, 0.717) is 17.5 Å². The average Bonchev–Trinajstić information content (AvgIpc) is 2.68. The molecule has 1 N–H and O–H groups in total. The molecule has 0 aromatic carbocycles. The maximum atomic E-state index is 11.6. The van der Waals surface area contributed by atoms with Gasteiger partial charge >= 0.3 is 0 Å².